The molecule has 0 aliphatic heterocycles. The second-order valence-electron chi connectivity index (χ2n) is 3.16. The molecule has 82 valence electrons. The Bertz CT molecular complexity index is 346. The largest absolute Gasteiger partial charge is 0.504 e. The Hall–Kier alpha value is -1.71. The fourth-order valence-electron chi connectivity index (χ4n) is 1.14. The third kappa shape index (κ3) is 2.87. The average Bonchev–Trinajstić information content (AvgIpc) is 2.20. The summed E-state index contributed by atoms with van der Waals surface area (Å²) >= 11 is 0. The molecule has 0 radical (unpaired) electrons. The van der Waals surface area contributed by atoms with Gasteiger partial charge in [0.15, 0.2) is 11.5 Å². The molecule has 1 aromatic carbocycles. The molecule has 1 rings (SSSR count). The van der Waals surface area contributed by atoms with E-state index >= 15 is 0 Å². The number of rotatable bonds is 5. The lowest BCUT2D eigenvalue weighted by Gasteiger charge is -2.08. The van der Waals surface area contributed by atoms with Crippen LogP contribution in [0.15, 0.2) is 18.2 Å². The van der Waals surface area contributed by atoms with Crippen LogP contribution in [0.3, 0.4) is 0 Å². The SMILES string of the molecule is CCCCOc1cccc(C(=O)O)c1O. The molecule has 0 aliphatic rings. The number of benzene rings is 1. The third-order valence-corrected chi connectivity index (χ3v) is 1.98. The number of ether oxygens (including phenoxy) is 1. The van der Waals surface area contributed by atoms with Crippen molar-refractivity contribution in [3.63, 3.8) is 0 Å². The standard InChI is InChI=1S/C11H14O4/c1-2-3-7-15-9-6-4-5-8(10(9)12)11(13)14/h4-6,12H,2-3,7H2,1H3,(H,13,14). The van der Waals surface area contributed by atoms with E-state index in [-0.39, 0.29) is 17.1 Å². The normalized spacial score (nSPS) is 9.93. The maximum Gasteiger partial charge on any atom is 0.339 e. The summed E-state index contributed by atoms with van der Waals surface area (Å²) in [5.74, 6) is -1.24. The Morgan fingerprint density at radius 2 is 2.20 bits per heavy atom. The van der Waals surface area contributed by atoms with E-state index in [4.69, 9.17) is 9.84 Å². The van der Waals surface area contributed by atoms with Gasteiger partial charge in [0, 0.05) is 0 Å². The van der Waals surface area contributed by atoms with E-state index in [2.05, 4.69) is 0 Å². The number of hydrogen-bond acceptors (Lipinski definition) is 3. The lowest BCUT2D eigenvalue weighted by Crippen LogP contribution is -2.01. The Morgan fingerprint density at radius 1 is 1.47 bits per heavy atom. The Kier molecular flexibility index (Phi) is 3.97. The van der Waals surface area contributed by atoms with E-state index in [0.29, 0.717) is 6.61 Å². The maximum atomic E-state index is 10.7. The molecule has 0 unspecified atom stereocenters. The maximum absolute atomic E-state index is 10.7. The van der Waals surface area contributed by atoms with Gasteiger partial charge in [-0.15, -0.1) is 0 Å². The van der Waals surface area contributed by atoms with E-state index in [1.165, 1.54) is 6.07 Å². The summed E-state index contributed by atoms with van der Waals surface area (Å²) in [6.45, 7) is 2.50. The fraction of sp³-hybridized carbons (Fsp3) is 0.364. The Morgan fingerprint density at radius 3 is 2.80 bits per heavy atom. The van der Waals surface area contributed by atoms with Crippen molar-refractivity contribution in [2.24, 2.45) is 0 Å². The van der Waals surface area contributed by atoms with Crippen LogP contribution >= 0.6 is 0 Å². The molecule has 4 nitrogen and oxygen atoms in total. The highest BCUT2D eigenvalue weighted by molar-refractivity contribution is 5.91. The van der Waals surface area contributed by atoms with Crippen LogP contribution in [0.5, 0.6) is 11.5 Å². The first-order valence-corrected chi connectivity index (χ1v) is 4.85. The average molecular weight is 210 g/mol. The van der Waals surface area contributed by atoms with E-state index in [1.54, 1.807) is 12.1 Å². The first kappa shape index (κ1) is 11.4. The van der Waals surface area contributed by atoms with Gasteiger partial charge >= 0.3 is 5.97 Å². The molecule has 0 amide bonds. The van der Waals surface area contributed by atoms with Crippen molar-refractivity contribution in [2.45, 2.75) is 19.8 Å². The Balaban J connectivity index is 2.80. The molecule has 1 aromatic rings. The van der Waals surface area contributed by atoms with E-state index in [0.717, 1.165) is 12.8 Å². The molecule has 0 spiro atoms. The summed E-state index contributed by atoms with van der Waals surface area (Å²) in [6.07, 6.45) is 1.86. The number of para-hydroxylation sites is 1. The molecule has 2 N–H and O–H groups in total. The van der Waals surface area contributed by atoms with Crippen molar-refractivity contribution < 1.29 is 19.7 Å². The zero-order valence-electron chi connectivity index (χ0n) is 8.56. The first-order valence-electron chi connectivity index (χ1n) is 4.85. The number of hydrogen-bond donors (Lipinski definition) is 2. The zero-order chi connectivity index (χ0) is 11.3. The first-order chi connectivity index (χ1) is 7.16. The molecule has 0 bridgehead atoms. The van der Waals surface area contributed by atoms with Crippen LogP contribution in [0.4, 0.5) is 0 Å². The van der Waals surface area contributed by atoms with Gasteiger partial charge in [-0.25, -0.2) is 4.79 Å². The van der Waals surface area contributed by atoms with Crippen molar-refractivity contribution in [1.82, 2.24) is 0 Å². The van der Waals surface area contributed by atoms with Crippen LogP contribution in [0.2, 0.25) is 0 Å². The summed E-state index contributed by atoms with van der Waals surface area (Å²) in [5.41, 5.74) is -0.135. The molecule has 0 atom stereocenters. The summed E-state index contributed by atoms with van der Waals surface area (Å²) in [5, 5.41) is 18.3. The summed E-state index contributed by atoms with van der Waals surface area (Å²) in [6, 6.07) is 4.44. The molecular weight excluding hydrogens is 196 g/mol. The molecule has 0 heterocycles. The number of carbonyl (C=O) groups is 1. The van der Waals surface area contributed by atoms with Crippen LogP contribution in [0, 0.1) is 0 Å². The minimum atomic E-state index is -1.16. The second kappa shape index (κ2) is 5.24. The van der Waals surface area contributed by atoms with Crippen molar-refractivity contribution in [2.75, 3.05) is 6.61 Å². The van der Waals surface area contributed by atoms with Crippen LogP contribution in [0.1, 0.15) is 30.1 Å². The molecular formula is C11H14O4. The minimum absolute atomic E-state index is 0.135. The van der Waals surface area contributed by atoms with E-state index < -0.39 is 5.97 Å². The molecule has 0 saturated heterocycles. The van der Waals surface area contributed by atoms with Gasteiger partial charge in [0.05, 0.1) is 6.61 Å². The highest BCUT2D eigenvalue weighted by Gasteiger charge is 2.13. The smallest absolute Gasteiger partial charge is 0.339 e. The predicted octanol–water partition coefficient (Wildman–Crippen LogP) is 2.27. The lowest BCUT2D eigenvalue weighted by molar-refractivity contribution is 0.0693. The quantitative estimate of drug-likeness (QED) is 0.731. The van der Waals surface area contributed by atoms with Crippen LogP contribution in [0.25, 0.3) is 0 Å². The highest BCUT2D eigenvalue weighted by Crippen LogP contribution is 2.29. The van der Waals surface area contributed by atoms with Gasteiger partial charge in [0.25, 0.3) is 0 Å². The lowest BCUT2D eigenvalue weighted by atomic mass is 10.2. The number of phenols is 1. The number of carboxylic acids is 1. The summed E-state index contributed by atoms with van der Waals surface area (Å²) < 4.78 is 5.25. The fourth-order valence-corrected chi connectivity index (χ4v) is 1.14. The van der Waals surface area contributed by atoms with Crippen LogP contribution < -0.4 is 4.74 Å². The molecule has 0 saturated carbocycles. The van der Waals surface area contributed by atoms with Crippen molar-refractivity contribution in [1.29, 1.82) is 0 Å². The van der Waals surface area contributed by atoms with Crippen molar-refractivity contribution in [3.8, 4) is 11.5 Å². The van der Waals surface area contributed by atoms with Gasteiger partial charge in [0.1, 0.15) is 5.56 Å². The molecule has 0 fully saturated rings. The van der Waals surface area contributed by atoms with Gasteiger partial charge in [-0.3, -0.25) is 0 Å². The van der Waals surface area contributed by atoms with Crippen molar-refractivity contribution in [3.05, 3.63) is 23.8 Å². The van der Waals surface area contributed by atoms with E-state index in [9.17, 15) is 9.90 Å². The van der Waals surface area contributed by atoms with Crippen LogP contribution in [-0.4, -0.2) is 22.8 Å². The summed E-state index contributed by atoms with van der Waals surface area (Å²) in [7, 11) is 0. The van der Waals surface area contributed by atoms with Crippen LogP contribution in [-0.2, 0) is 0 Å². The summed E-state index contributed by atoms with van der Waals surface area (Å²) in [4.78, 5) is 10.7. The van der Waals surface area contributed by atoms with E-state index in [1.807, 2.05) is 6.92 Å². The molecule has 0 aromatic heterocycles. The zero-order valence-corrected chi connectivity index (χ0v) is 8.56. The van der Waals surface area contributed by atoms with Gasteiger partial charge in [-0.2, -0.15) is 0 Å². The topological polar surface area (TPSA) is 66.8 Å². The van der Waals surface area contributed by atoms with Gasteiger partial charge in [-0.1, -0.05) is 19.4 Å². The monoisotopic (exact) mass is 210 g/mol. The molecule has 4 heteroatoms. The van der Waals surface area contributed by atoms with Gasteiger partial charge in [-0.05, 0) is 18.6 Å². The predicted molar refractivity (Wildman–Crippen MR) is 55.5 cm³/mol. The number of aromatic carboxylic acids is 1. The van der Waals surface area contributed by atoms with Crippen molar-refractivity contribution >= 4 is 5.97 Å². The minimum Gasteiger partial charge on any atom is -0.504 e. The number of aromatic hydroxyl groups is 1. The van der Waals surface area contributed by atoms with Gasteiger partial charge < -0.3 is 14.9 Å². The number of carboxylic acid groups (broad SMARTS) is 1. The number of unbranched alkanes of at least 4 members (excludes halogenated alkanes) is 1. The molecule has 0 aliphatic carbocycles. The molecule has 15 heavy (non-hydrogen) atoms. The third-order valence-electron chi connectivity index (χ3n) is 1.98. The van der Waals surface area contributed by atoms with Gasteiger partial charge in [0.2, 0.25) is 0 Å². The Labute approximate surface area is 88.1 Å². The highest BCUT2D eigenvalue weighted by atomic mass is 16.5. The second-order valence-corrected chi connectivity index (χ2v) is 3.16.